The van der Waals surface area contributed by atoms with Gasteiger partial charge in [-0.1, -0.05) is 6.92 Å². The van der Waals surface area contributed by atoms with E-state index in [0.29, 0.717) is 35.6 Å². The smallest absolute Gasteiger partial charge is 0.223 e. The third-order valence-electron chi connectivity index (χ3n) is 8.27. The number of aliphatic imine (C=N–C) groups is 1. The zero-order chi connectivity index (χ0) is 21.6. The van der Waals surface area contributed by atoms with Crippen LogP contribution >= 0.6 is 0 Å². The summed E-state index contributed by atoms with van der Waals surface area (Å²) in [5, 5.41) is 17.3. The average molecular weight is 433 g/mol. The van der Waals surface area contributed by atoms with Gasteiger partial charge in [0.2, 0.25) is 5.91 Å². The first kappa shape index (κ1) is 22.8. The highest BCUT2D eigenvalue weighted by molar-refractivity contribution is 5.81. The summed E-state index contributed by atoms with van der Waals surface area (Å²) < 4.78 is 0. The van der Waals surface area contributed by atoms with Crippen molar-refractivity contribution in [3.05, 3.63) is 0 Å². The summed E-state index contributed by atoms with van der Waals surface area (Å²) in [7, 11) is 0. The van der Waals surface area contributed by atoms with Gasteiger partial charge in [0, 0.05) is 31.6 Å². The number of hydrogen-bond donors (Lipinski definition) is 5. The van der Waals surface area contributed by atoms with E-state index in [0.717, 1.165) is 70.5 Å². The molecule has 0 spiro atoms. The molecule has 3 fully saturated rings. The van der Waals surface area contributed by atoms with Gasteiger partial charge in [-0.3, -0.25) is 9.79 Å². The minimum atomic E-state index is 0.147. The summed E-state index contributed by atoms with van der Waals surface area (Å²) in [5.74, 6) is 4.56. The molecule has 0 aromatic rings. The Hall–Kier alpha value is -1.34. The zero-order valence-electron chi connectivity index (χ0n) is 19.6. The van der Waals surface area contributed by atoms with Crippen LogP contribution in [0.15, 0.2) is 4.99 Å². The van der Waals surface area contributed by atoms with E-state index < -0.39 is 0 Å². The van der Waals surface area contributed by atoms with E-state index in [9.17, 15) is 4.79 Å². The van der Waals surface area contributed by atoms with E-state index in [1.54, 1.807) is 0 Å². The van der Waals surface area contributed by atoms with Crippen molar-refractivity contribution in [2.24, 2.45) is 40.5 Å². The number of nitrogens with zero attached hydrogens (tertiary/aromatic N) is 1. The molecule has 1 amide bonds. The molecule has 7 heteroatoms. The Labute approximate surface area is 188 Å². The summed E-state index contributed by atoms with van der Waals surface area (Å²) in [6.45, 7) is 11.5. The largest absolute Gasteiger partial charge is 0.356 e. The van der Waals surface area contributed by atoms with Crippen molar-refractivity contribution >= 4 is 11.9 Å². The van der Waals surface area contributed by atoms with Crippen molar-refractivity contribution in [1.82, 2.24) is 26.6 Å². The van der Waals surface area contributed by atoms with Crippen molar-refractivity contribution in [1.29, 1.82) is 0 Å². The number of hydrogen-bond acceptors (Lipinski definition) is 6. The fourth-order valence-electron chi connectivity index (χ4n) is 6.24. The topological polar surface area (TPSA) is 89.6 Å². The molecule has 7 atom stereocenters. The molecule has 0 radical (unpaired) electrons. The number of rotatable bonds is 6. The third kappa shape index (κ3) is 6.35. The van der Waals surface area contributed by atoms with Crippen LogP contribution in [-0.4, -0.2) is 63.7 Å². The molecule has 3 aliphatic heterocycles. The number of amides is 1. The van der Waals surface area contributed by atoms with Crippen LogP contribution in [0.4, 0.5) is 0 Å². The standard InChI is InChI=1S/C24H44N6O/c1-16-5-6-25-15-22(16)20-9-19(14-30-24-26-7-8-27-24)10-21(11-20)23(31)29-13-18-4-3-17(2)28-12-18/h16-22,25,28H,3-15H2,1-2H3,(H,29,31)(H2,26,27,30). The van der Waals surface area contributed by atoms with Gasteiger partial charge in [-0.15, -0.1) is 0 Å². The SMILES string of the molecule is CC1CCC(CNC(=O)C2CC(CNC3=NCCN3)CC(C3CNCCC3C)C2)CN1. The van der Waals surface area contributed by atoms with E-state index in [1.165, 1.54) is 25.7 Å². The van der Waals surface area contributed by atoms with Crippen LogP contribution in [0.3, 0.4) is 0 Å². The van der Waals surface area contributed by atoms with E-state index in [2.05, 4.69) is 45.4 Å². The first-order valence-electron chi connectivity index (χ1n) is 12.8. The lowest BCUT2D eigenvalue weighted by Gasteiger charge is -2.42. The number of carbonyl (C=O) groups is 1. The molecule has 5 N–H and O–H groups in total. The second-order valence-electron chi connectivity index (χ2n) is 10.7. The van der Waals surface area contributed by atoms with Gasteiger partial charge in [0.1, 0.15) is 0 Å². The van der Waals surface area contributed by atoms with E-state index >= 15 is 0 Å². The van der Waals surface area contributed by atoms with Crippen LogP contribution in [0.2, 0.25) is 0 Å². The molecule has 0 aromatic carbocycles. The molecule has 0 aromatic heterocycles. The average Bonchev–Trinajstić information content (AvgIpc) is 3.31. The Kier molecular flexibility index (Phi) is 8.10. The lowest BCUT2D eigenvalue weighted by atomic mass is 9.66. The summed E-state index contributed by atoms with van der Waals surface area (Å²) >= 11 is 0. The molecule has 7 nitrogen and oxygen atoms in total. The van der Waals surface area contributed by atoms with Gasteiger partial charge in [-0.2, -0.15) is 0 Å². The summed E-state index contributed by atoms with van der Waals surface area (Å²) in [6.07, 6.45) is 6.97. The maximum Gasteiger partial charge on any atom is 0.223 e. The van der Waals surface area contributed by atoms with Gasteiger partial charge < -0.3 is 26.6 Å². The predicted octanol–water partition coefficient (Wildman–Crippen LogP) is 1.32. The minimum absolute atomic E-state index is 0.147. The van der Waals surface area contributed by atoms with Crippen LogP contribution in [-0.2, 0) is 4.79 Å². The molecule has 1 saturated carbocycles. The van der Waals surface area contributed by atoms with E-state index in [4.69, 9.17) is 0 Å². The zero-order valence-corrected chi connectivity index (χ0v) is 19.6. The van der Waals surface area contributed by atoms with Gasteiger partial charge in [0.15, 0.2) is 5.96 Å². The predicted molar refractivity (Wildman–Crippen MR) is 126 cm³/mol. The molecular weight excluding hydrogens is 388 g/mol. The third-order valence-corrected chi connectivity index (χ3v) is 8.27. The molecule has 176 valence electrons. The second kappa shape index (κ2) is 11.0. The van der Waals surface area contributed by atoms with Gasteiger partial charge in [-0.05, 0) is 94.7 Å². The summed E-state index contributed by atoms with van der Waals surface area (Å²) in [6, 6.07) is 0.615. The molecule has 7 unspecified atom stereocenters. The summed E-state index contributed by atoms with van der Waals surface area (Å²) in [5.41, 5.74) is 0. The number of piperidine rings is 2. The molecule has 0 bridgehead atoms. The lowest BCUT2D eigenvalue weighted by Crippen LogP contribution is -2.47. The molecule has 31 heavy (non-hydrogen) atoms. The molecule has 4 aliphatic rings. The number of guanidine groups is 1. The molecule has 2 saturated heterocycles. The fourth-order valence-corrected chi connectivity index (χ4v) is 6.24. The van der Waals surface area contributed by atoms with Gasteiger partial charge in [0.05, 0.1) is 6.54 Å². The lowest BCUT2D eigenvalue weighted by molar-refractivity contribution is -0.127. The molecule has 1 aliphatic carbocycles. The Balaban J connectivity index is 1.34. The summed E-state index contributed by atoms with van der Waals surface area (Å²) in [4.78, 5) is 17.7. The van der Waals surface area contributed by atoms with Crippen molar-refractivity contribution in [2.75, 3.05) is 45.8 Å². The number of nitrogens with one attached hydrogen (secondary N) is 5. The highest BCUT2D eigenvalue weighted by Gasteiger charge is 2.39. The fraction of sp³-hybridized carbons (Fsp3) is 0.917. The minimum Gasteiger partial charge on any atom is -0.356 e. The Morgan fingerprint density at radius 1 is 1.03 bits per heavy atom. The normalized spacial score (nSPS) is 38.8. The van der Waals surface area contributed by atoms with Gasteiger partial charge >= 0.3 is 0 Å². The second-order valence-corrected chi connectivity index (χ2v) is 10.7. The van der Waals surface area contributed by atoms with Crippen molar-refractivity contribution in [3.8, 4) is 0 Å². The maximum atomic E-state index is 13.2. The number of carbonyl (C=O) groups excluding carboxylic acids is 1. The van der Waals surface area contributed by atoms with E-state index in [-0.39, 0.29) is 5.92 Å². The van der Waals surface area contributed by atoms with Crippen molar-refractivity contribution in [3.63, 3.8) is 0 Å². The maximum absolute atomic E-state index is 13.2. The quantitative estimate of drug-likeness (QED) is 0.437. The highest BCUT2D eigenvalue weighted by Crippen LogP contribution is 2.41. The monoisotopic (exact) mass is 432 g/mol. The van der Waals surface area contributed by atoms with Crippen molar-refractivity contribution < 1.29 is 4.79 Å². The van der Waals surface area contributed by atoms with Crippen LogP contribution in [0.25, 0.3) is 0 Å². The van der Waals surface area contributed by atoms with Crippen LogP contribution in [0, 0.1) is 35.5 Å². The van der Waals surface area contributed by atoms with Crippen LogP contribution < -0.4 is 26.6 Å². The van der Waals surface area contributed by atoms with Crippen molar-refractivity contribution in [2.45, 2.75) is 58.4 Å². The van der Waals surface area contributed by atoms with E-state index in [1.807, 2.05) is 0 Å². The molecule has 4 rings (SSSR count). The highest BCUT2D eigenvalue weighted by atomic mass is 16.1. The van der Waals surface area contributed by atoms with Crippen LogP contribution in [0.5, 0.6) is 0 Å². The Morgan fingerprint density at radius 2 is 1.94 bits per heavy atom. The van der Waals surface area contributed by atoms with Crippen LogP contribution in [0.1, 0.15) is 52.4 Å². The Morgan fingerprint density at radius 3 is 2.68 bits per heavy atom. The Bertz CT molecular complexity index is 617. The first-order valence-corrected chi connectivity index (χ1v) is 12.8. The molecule has 3 heterocycles. The molecular formula is C24H44N6O. The van der Waals surface area contributed by atoms with Gasteiger partial charge in [-0.25, -0.2) is 0 Å². The van der Waals surface area contributed by atoms with Gasteiger partial charge in [0.25, 0.3) is 0 Å². The first-order chi connectivity index (χ1) is 15.1.